The van der Waals surface area contributed by atoms with Gasteiger partial charge in [-0.1, -0.05) is 17.7 Å². The molecule has 10 nitrogen and oxygen atoms in total. The van der Waals surface area contributed by atoms with E-state index in [1.165, 1.54) is 12.3 Å². The number of pyridine rings is 1. The van der Waals surface area contributed by atoms with E-state index in [9.17, 15) is 9.59 Å². The molecule has 0 radical (unpaired) electrons. The summed E-state index contributed by atoms with van der Waals surface area (Å²) in [5.41, 5.74) is 13.0. The number of hydrogen-bond acceptors (Lipinski definition) is 8. The number of amidine groups is 1. The van der Waals surface area contributed by atoms with Crippen LogP contribution in [0, 0.1) is 0 Å². The van der Waals surface area contributed by atoms with E-state index >= 15 is 0 Å². The first-order chi connectivity index (χ1) is 17.3. The van der Waals surface area contributed by atoms with Crippen LogP contribution in [0.25, 0.3) is 0 Å². The number of nitrogens with zero attached hydrogens (tertiary/aromatic N) is 2. The summed E-state index contributed by atoms with van der Waals surface area (Å²) < 4.78 is 11.7. The molecule has 1 unspecified atom stereocenters. The first kappa shape index (κ1) is 24.8. The Labute approximate surface area is 212 Å². The lowest BCUT2D eigenvalue weighted by molar-refractivity contribution is -0.122. The molecule has 0 saturated carbocycles. The summed E-state index contributed by atoms with van der Waals surface area (Å²) in [6, 6.07) is 14.4. The number of rotatable bonds is 4. The maximum absolute atomic E-state index is 13.3. The van der Waals surface area contributed by atoms with Crippen molar-refractivity contribution in [1.82, 2.24) is 15.8 Å². The molecule has 36 heavy (non-hydrogen) atoms. The molecule has 1 atom stereocenters. The van der Waals surface area contributed by atoms with E-state index in [-0.39, 0.29) is 23.6 Å². The molecule has 3 aromatic rings. The van der Waals surface area contributed by atoms with E-state index in [0.29, 0.717) is 34.1 Å². The van der Waals surface area contributed by atoms with Crippen LogP contribution >= 0.6 is 11.6 Å². The van der Waals surface area contributed by atoms with Gasteiger partial charge in [0.05, 0.1) is 11.7 Å². The van der Waals surface area contributed by atoms with Crippen LogP contribution in [0.4, 0.5) is 5.69 Å². The van der Waals surface area contributed by atoms with Crippen LogP contribution in [0.1, 0.15) is 41.4 Å². The van der Waals surface area contributed by atoms with Gasteiger partial charge in [0.15, 0.2) is 18.2 Å². The first-order valence-corrected chi connectivity index (χ1v) is 11.5. The second-order valence-corrected chi connectivity index (χ2v) is 8.49. The van der Waals surface area contributed by atoms with E-state index in [2.05, 4.69) is 26.1 Å². The highest BCUT2D eigenvalue weighted by molar-refractivity contribution is 6.32. The van der Waals surface area contributed by atoms with Gasteiger partial charge in [-0.15, -0.1) is 0 Å². The Morgan fingerprint density at radius 2 is 1.94 bits per heavy atom. The third-order valence-corrected chi connectivity index (χ3v) is 5.48. The average molecular weight is 509 g/mol. The van der Waals surface area contributed by atoms with Crippen molar-refractivity contribution in [3.05, 3.63) is 82.6 Å². The Bertz CT molecular complexity index is 1300. The number of halogens is 1. The highest BCUT2D eigenvalue weighted by Crippen LogP contribution is 2.33. The minimum Gasteiger partial charge on any atom is -0.487 e. The van der Waals surface area contributed by atoms with E-state index in [1.54, 1.807) is 48.5 Å². The number of aliphatic imine (C=N–C) groups is 1. The molecule has 2 aliphatic heterocycles. The Kier molecular flexibility index (Phi) is 7.55. The Hall–Kier alpha value is -4.31. The van der Waals surface area contributed by atoms with Gasteiger partial charge in [0.2, 0.25) is 0 Å². The standard InChI is InChI=1S/C25H25ClN6O4/c1-14(2)36-19-10-7-16-12-20(19)35-13-29-23(27)15-5-8-17(9-6-15)30-21(16)25(34)32-31-24(33)18-4-3-11-28-22(18)26/h3-12,14,21,30H,13H2,1-2H3,(H2,27,29)(H,31,33)(H,32,34). The van der Waals surface area contributed by atoms with Gasteiger partial charge in [0, 0.05) is 17.4 Å². The fourth-order valence-electron chi connectivity index (χ4n) is 3.45. The Balaban J connectivity index is 1.65. The van der Waals surface area contributed by atoms with Crippen molar-refractivity contribution < 1.29 is 19.1 Å². The molecule has 5 N–H and O–H groups in total. The predicted octanol–water partition coefficient (Wildman–Crippen LogP) is 3.19. The zero-order valence-electron chi connectivity index (χ0n) is 19.6. The van der Waals surface area contributed by atoms with Crippen molar-refractivity contribution in [2.45, 2.75) is 26.0 Å². The zero-order valence-corrected chi connectivity index (χ0v) is 20.4. The summed E-state index contributed by atoms with van der Waals surface area (Å²) in [6.45, 7) is 3.75. The lowest BCUT2D eigenvalue weighted by Crippen LogP contribution is -2.45. The summed E-state index contributed by atoms with van der Waals surface area (Å²) in [5.74, 6) is 0.0744. The molecule has 186 valence electrons. The van der Waals surface area contributed by atoms with Crippen molar-refractivity contribution in [2.75, 3.05) is 12.0 Å². The number of ether oxygens (including phenoxy) is 2. The van der Waals surface area contributed by atoms with Crippen LogP contribution < -0.4 is 31.4 Å². The van der Waals surface area contributed by atoms with Gasteiger partial charge in [0.1, 0.15) is 17.0 Å². The molecule has 5 rings (SSSR count). The molecule has 11 heteroatoms. The van der Waals surface area contributed by atoms with Crippen LogP contribution in [-0.4, -0.2) is 35.5 Å². The van der Waals surface area contributed by atoms with E-state index < -0.39 is 17.9 Å². The Morgan fingerprint density at radius 3 is 2.67 bits per heavy atom. The summed E-state index contributed by atoms with van der Waals surface area (Å²) >= 11 is 5.99. The molecule has 0 aliphatic carbocycles. The van der Waals surface area contributed by atoms with Crippen LogP contribution in [0.2, 0.25) is 5.15 Å². The Morgan fingerprint density at radius 1 is 1.17 bits per heavy atom. The summed E-state index contributed by atoms with van der Waals surface area (Å²) in [5, 5.41) is 3.21. The number of nitrogens with two attached hydrogens (primary N) is 1. The lowest BCUT2D eigenvalue weighted by atomic mass is 10.0. The molecule has 0 fully saturated rings. The second kappa shape index (κ2) is 11.0. The quantitative estimate of drug-likeness (QED) is 0.313. The number of carbonyl (C=O) groups is 2. The van der Waals surface area contributed by atoms with Crippen molar-refractivity contribution >= 4 is 34.9 Å². The van der Waals surface area contributed by atoms with Gasteiger partial charge in [-0.05, 0) is 67.9 Å². The number of anilines is 1. The third kappa shape index (κ3) is 5.84. The van der Waals surface area contributed by atoms with Crippen LogP contribution in [0.3, 0.4) is 0 Å². The molecule has 1 aromatic heterocycles. The minimum absolute atomic E-state index is 0.0218. The van der Waals surface area contributed by atoms with Gasteiger partial charge < -0.3 is 20.5 Å². The molecular formula is C25H25ClN6O4. The number of aromatic nitrogens is 1. The minimum atomic E-state index is -0.907. The van der Waals surface area contributed by atoms with Crippen molar-refractivity contribution in [1.29, 1.82) is 0 Å². The number of hydrazine groups is 1. The van der Waals surface area contributed by atoms with E-state index in [4.69, 9.17) is 26.8 Å². The van der Waals surface area contributed by atoms with Crippen LogP contribution in [-0.2, 0) is 4.79 Å². The zero-order chi connectivity index (χ0) is 25.7. The maximum Gasteiger partial charge on any atom is 0.272 e. The van der Waals surface area contributed by atoms with Gasteiger partial charge in [-0.25, -0.2) is 9.98 Å². The van der Waals surface area contributed by atoms with Crippen LogP contribution in [0.5, 0.6) is 11.5 Å². The maximum atomic E-state index is 13.3. The molecule has 0 spiro atoms. The van der Waals surface area contributed by atoms with E-state index in [0.717, 1.165) is 0 Å². The van der Waals surface area contributed by atoms with Gasteiger partial charge in [0.25, 0.3) is 11.8 Å². The number of amides is 2. The van der Waals surface area contributed by atoms with Crippen molar-refractivity contribution in [2.24, 2.45) is 10.7 Å². The summed E-state index contributed by atoms with van der Waals surface area (Å²) in [6.07, 6.45) is 1.36. The smallest absolute Gasteiger partial charge is 0.272 e. The average Bonchev–Trinajstić information content (AvgIpc) is 2.87. The van der Waals surface area contributed by atoms with Crippen molar-refractivity contribution in [3.63, 3.8) is 0 Å². The van der Waals surface area contributed by atoms with Gasteiger partial charge in [-0.2, -0.15) is 0 Å². The fourth-order valence-corrected chi connectivity index (χ4v) is 3.65. The second-order valence-electron chi connectivity index (χ2n) is 8.13. The predicted molar refractivity (Wildman–Crippen MR) is 136 cm³/mol. The largest absolute Gasteiger partial charge is 0.487 e. The highest BCUT2D eigenvalue weighted by atomic mass is 35.5. The number of hydrogen-bond donors (Lipinski definition) is 4. The number of fused-ring (bicyclic) bond motifs is 5. The number of benzene rings is 2. The number of nitrogens with one attached hydrogen (secondary N) is 3. The van der Waals surface area contributed by atoms with Gasteiger partial charge >= 0.3 is 0 Å². The normalized spacial score (nSPS) is 16.2. The molecule has 4 bridgehead atoms. The van der Waals surface area contributed by atoms with Gasteiger partial charge in [-0.3, -0.25) is 20.4 Å². The molecule has 0 saturated heterocycles. The van der Waals surface area contributed by atoms with Crippen molar-refractivity contribution in [3.8, 4) is 11.5 Å². The highest BCUT2D eigenvalue weighted by Gasteiger charge is 2.24. The molecule has 2 aliphatic rings. The first-order valence-electron chi connectivity index (χ1n) is 11.1. The fraction of sp³-hybridized carbons (Fsp3) is 0.200. The van der Waals surface area contributed by atoms with Crippen LogP contribution in [0.15, 0.2) is 65.8 Å². The lowest BCUT2D eigenvalue weighted by Gasteiger charge is -2.22. The molecule has 2 amide bonds. The molecule has 2 aromatic carbocycles. The third-order valence-electron chi connectivity index (χ3n) is 5.18. The summed E-state index contributed by atoms with van der Waals surface area (Å²) in [7, 11) is 0. The summed E-state index contributed by atoms with van der Waals surface area (Å²) in [4.78, 5) is 34.0. The number of carbonyl (C=O) groups excluding carboxylic acids is 2. The molecule has 3 heterocycles. The topological polar surface area (TPSA) is 140 Å². The SMILES string of the molecule is CC(C)Oc1ccc2cc1OC/N=C(/N)c1ccc(cc1)NC2C(=O)NNC(=O)c1cccnc1Cl. The van der Waals surface area contributed by atoms with E-state index in [1.807, 2.05) is 13.8 Å². The molecular weight excluding hydrogens is 484 g/mol. The monoisotopic (exact) mass is 508 g/mol.